The first-order valence-corrected chi connectivity index (χ1v) is 3.71. The van der Waals surface area contributed by atoms with E-state index in [1.807, 2.05) is 0 Å². The van der Waals surface area contributed by atoms with Crippen LogP contribution >= 0.6 is 0 Å². The van der Waals surface area contributed by atoms with Gasteiger partial charge in [-0.1, -0.05) is 0 Å². The lowest BCUT2D eigenvalue weighted by atomic mass is 10.1. The molecule has 1 unspecified atom stereocenters. The van der Waals surface area contributed by atoms with Crippen molar-refractivity contribution in [2.45, 2.75) is 12.5 Å². The summed E-state index contributed by atoms with van der Waals surface area (Å²) in [6.07, 6.45) is -0.313. The van der Waals surface area contributed by atoms with Gasteiger partial charge in [0.25, 0.3) is 0 Å². The van der Waals surface area contributed by atoms with Gasteiger partial charge in [-0.05, 0) is 0 Å². The molecule has 14 heavy (non-hydrogen) atoms. The Hall–Kier alpha value is -1.53. The molecule has 0 spiro atoms. The number of hydrogen-bond donors (Lipinski definition) is 1. The first kappa shape index (κ1) is 12.5. The topological polar surface area (TPSA) is 81.7 Å². The maximum Gasteiger partial charge on any atom is 0.328 e. The number of carbonyl (C=O) groups is 3. The van der Waals surface area contributed by atoms with Gasteiger partial charge >= 0.3 is 11.9 Å². The van der Waals surface area contributed by atoms with Crippen LogP contribution in [0.5, 0.6) is 0 Å². The predicted octanol–water partition coefficient (Wildman–Crippen LogP) is -1.03. The zero-order valence-corrected chi connectivity index (χ0v) is 7.90. The van der Waals surface area contributed by atoms with Gasteiger partial charge < -0.3 is 14.8 Å². The minimum atomic E-state index is -1.11. The van der Waals surface area contributed by atoms with Gasteiger partial charge in [0.15, 0.2) is 5.81 Å². The van der Waals surface area contributed by atoms with Gasteiger partial charge in [-0.3, -0.25) is 9.59 Å². The summed E-state index contributed by atoms with van der Waals surface area (Å²) in [6.45, 7) is 0. The monoisotopic (exact) mass is 199 g/mol. The quantitative estimate of drug-likeness (QED) is 0.462. The van der Waals surface area contributed by atoms with Crippen LogP contribution in [0.1, 0.15) is 6.42 Å². The Labute approximate surface area is 82.3 Å². The standard InChI is InChI=1S/C7H10BNO5/c1-13-5(10)3-4(6(11)14-2)9-7(8)12/h4H,3H2,1-2H3,(H,9,12). The lowest BCUT2D eigenvalue weighted by molar-refractivity contribution is -0.149. The van der Waals surface area contributed by atoms with E-state index in [1.54, 1.807) is 0 Å². The largest absolute Gasteiger partial charge is 0.469 e. The molecule has 0 heterocycles. The molecule has 1 amide bonds. The predicted molar refractivity (Wildman–Crippen MR) is 46.7 cm³/mol. The van der Waals surface area contributed by atoms with Crippen LogP contribution in [-0.2, 0) is 19.1 Å². The number of ether oxygens (including phenoxy) is 2. The van der Waals surface area contributed by atoms with Crippen molar-refractivity contribution in [1.82, 2.24) is 5.32 Å². The summed E-state index contributed by atoms with van der Waals surface area (Å²) in [5.74, 6) is -2.31. The number of nitrogens with one attached hydrogen (secondary N) is 1. The highest BCUT2D eigenvalue weighted by Crippen LogP contribution is 1.97. The normalized spacial score (nSPS) is 11.3. The lowest BCUT2D eigenvalue weighted by Gasteiger charge is -2.13. The van der Waals surface area contributed by atoms with Crippen molar-refractivity contribution in [3.63, 3.8) is 0 Å². The summed E-state index contributed by atoms with van der Waals surface area (Å²) in [6, 6.07) is -1.11. The molecule has 0 rings (SSSR count). The summed E-state index contributed by atoms with van der Waals surface area (Å²) < 4.78 is 8.66. The molecule has 0 aromatic heterocycles. The fraction of sp³-hybridized carbons (Fsp3) is 0.571. The Bertz CT molecular complexity index is 242. The Morgan fingerprint density at radius 1 is 1.29 bits per heavy atom. The summed E-state index contributed by atoms with van der Waals surface area (Å²) in [4.78, 5) is 32.3. The Kier molecular flexibility index (Phi) is 5.35. The van der Waals surface area contributed by atoms with Crippen LogP contribution in [0.2, 0.25) is 0 Å². The van der Waals surface area contributed by atoms with Crippen molar-refractivity contribution in [1.29, 1.82) is 0 Å². The Balaban J connectivity index is 4.31. The molecule has 0 saturated heterocycles. The summed E-state index contributed by atoms with van der Waals surface area (Å²) in [5.41, 5.74) is 0. The number of hydrogen-bond acceptors (Lipinski definition) is 5. The third-order valence-electron chi connectivity index (χ3n) is 1.40. The van der Waals surface area contributed by atoms with Crippen LogP contribution in [0.25, 0.3) is 0 Å². The maximum atomic E-state index is 11.0. The molecule has 1 atom stereocenters. The minimum Gasteiger partial charge on any atom is -0.469 e. The van der Waals surface area contributed by atoms with Gasteiger partial charge in [-0.25, -0.2) is 4.79 Å². The summed E-state index contributed by atoms with van der Waals surface area (Å²) in [5, 5.41) is 2.06. The second kappa shape index (κ2) is 6.01. The molecular formula is C7H10BNO5. The molecule has 0 aromatic carbocycles. The average Bonchev–Trinajstić information content (AvgIpc) is 2.14. The number of carbonyl (C=O) groups excluding carboxylic acids is 3. The van der Waals surface area contributed by atoms with E-state index in [2.05, 4.69) is 14.8 Å². The van der Waals surface area contributed by atoms with E-state index in [4.69, 9.17) is 7.85 Å². The molecule has 0 bridgehead atoms. The van der Waals surface area contributed by atoms with Crippen molar-refractivity contribution in [3.05, 3.63) is 0 Å². The molecule has 0 fully saturated rings. The zero-order valence-electron chi connectivity index (χ0n) is 7.90. The fourth-order valence-corrected chi connectivity index (χ4v) is 0.757. The van der Waals surface area contributed by atoms with Gasteiger partial charge in [0.1, 0.15) is 6.04 Å². The van der Waals surface area contributed by atoms with Crippen molar-refractivity contribution in [3.8, 4) is 0 Å². The van der Waals surface area contributed by atoms with E-state index >= 15 is 0 Å². The van der Waals surface area contributed by atoms with Gasteiger partial charge in [-0.15, -0.1) is 0 Å². The maximum absolute atomic E-state index is 11.0. The smallest absolute Gasteiger partial charge is 0.328 e. The van der Waals surface area contributed by atoms with E-state index < -0.39 is 23.8 Å². The van der Waals surface area contributed by atoms with Gasteiger partial charge in [-0.2, -0.15) is 0 Å². The van der Waals surface area contributed by atoms with Crippen LogP contribution in [0.3, 0.4) is 0 Å². The fourth-order valence-electron chi connectivity index (χ4n) is 0.757. The number of amides is 1. The van der Waals surface area contributed by atoms with Gasteiger partial charge in [0, 0.05) is 0 Å². The van der Waals surface area contributed by atoms with E-state index in [0.29, 0.717) is 0 Å². The molecule has 0 aromatic rings. The van der Waals surface area contributed by atoms with E-state index in [1.165, 1.54) is 7.11 Å². The summed E-state index contributed by atoms with van der Waals surface area (Å²) >= 11 is 0. The van der Waals surface area contributed by atoms with Crippen molar-refractivity contribution in [2.75, 3.05) is 14.2 Å². The average molecular weight is 199 g/mol. The molecule has 6 nitrogen and oxygen atoms in total. The molecule has 0 saturated carbocycles. The Morgan fingerprint density at radius 3 is 2.21 bits per heavy atom. The second-order valence-electron chi connectivity index (χ2n) is 2.36. The van der Waals surface area contributed by atoms with Gasteiger partial charge in [0.05, 0.1) is 20.6 Å². The van der Waals surface area contributed by atoms with E-state index in [-0.39, 0.29) is 6.42 Å². The molecular weight excluding hydrogens is 189 g/mol. The number of methoxy groups -OCH3 is 2. The van der Waals surface area contributed by atoms with Crippen molar-refractivity contribution < 1.29 is 23.9 Å². The SMILES string of the molecule is [B]C(=O)NC(CC(=O)OC)C(=O)OC. The highest BCUT2D eigenvalue weighted by Gasteiger charge is 2.23. The van der Waals surface area contributed by atoms with Crippen LogP contribution in [0.15, 0.2) is 0 Å². The highest BCUT2D eigenvalue weighted by atomic mass is 16.5. The lowest BCUT2D eigenvalue weighted by Crippen LogP contribution is -2.42. The van der Waals surface area contributed by atoms with Crippen LogP contribution in [-0.4, -0.2) is 45.9 Å². The van der Waals surface area contributed by atoms with Crippen molar-refractivity contribution in [2.24, 2.45) is 0 Å². The van der Waals surface area contributed by atoms with Gasteiger partial charge in [0.2, 0.25) is 7.85 Å². The third-order valence-corrected chi connectivity index (χ3v) is 1.40. The molecule has 2 radical (unpaired) electrons. The van der Waals surface area contributed by atoms with Crippen molar-refractivity contribution >= 4 is 25.6 Å². The summed E-state index contributed by atoms with van der Waals surface area (Å²) in [7, 11) is 7.09. The first-order chi connectivity index (χ1) is 6.51. The van der Waals surface area contributed by atoms with Crippen LogP contribution in [0.4, 0.5) is 4.79 Å². The number of esters is 2. The second-order valence-corrected chi connectivity index (χ2v) is 2.36. The molecule has 1 N–H and O–H groups in total. The van der Waals surface area contributed by atoms with E-state index in [0.717, 1.165) is 7.11 Å². The molecule has 0 aliphatic rings. The molecule has 0 aliphatic heterocycles. The highest BCUT2D eigenvalue weighted by molar-refractivity contribution is 6.57. The number of rotatable bonds is 4. The molecule has 76 valence electrons. The van der Waals surface area contributed by atoms with Crippen LogP contribution in [0, 0.1) is 0 Å². The minimum absolute atomic E-state index is 0.313. The zero-order chi connectivity index (χ0) is 11.1. The van der Waals surface area contributed by atoms with E-state index in [9.17, 15) is 14.4 Å². The molecule has 0 aliphatic carbocycles. The van der Waals surface area contributed by atoms with Crippen LogP contribution < -0.4 is 5.32 Å². The molecule has 7 heteroatoms. The third kappa shape index (κ3) is 4.49. The Morgan fingerprint density at radius 2 is 1.86 bits per heavy atom. The first-order valence-electron chi connectivity index (χ1n) is 3.71.